The summed E-state index contributed by atoms with van der Waals surface area (Å²) in [6, 6.07) is 25.0. The van der Waals surface area contributed by atoms with Gasteiger partial charge in [-0.25, -0.2) is 20.0 Å². The topological polar surface area (TPSA) is 89.9 Å². The molecule has 4 aromatic rings. The molecule has 190 valence electrons. The van der Waals surface area contributed by atoms with Gasteiger partial charge in [0.2, 0.25) is 0 Å². The zero-order valence-electron chi connectivity index (χ0n) is 20.7. The second-order valence-electron chi connectivity index (χ2n) is 8.71. The number of aryl methyl sites for hydroxylation is 1. The first-order valence-corrected chi connectivity index (χ1v) is 11.9. The van der Waals surface area contributed by atoms with Gasteiger partial charge < -0.3 is 18.8 Å². The molecule has 0 radical (unpaired) electrons. The Hall–Kier alpha value is -4.59. The van der Waals surface area contributed by atoms with Crippen LogP contribution in [0, 0.1) is 0 Å². The molecule has 0 saturated carbocycles. The van der Waals surface area contributed by atoms with Gasteiger partial charge in [-0.2, -0.15) is 0 Å². The predicted octanol–water partition coefficient (Wildman–Crippen LogP) is 5.33. The molecule has 0 aliphatic heterocycles. The maximum Gasteiger partial charge on any atom is 0.429 e. The minimum Gasteiger partial charge on any atom is -0.443 e. The molecule has 3 aromatic carbocycles. The standard InChI is InChI=1S/C29H29N3O5/c1-21(25-17-31(2)26-16-10-9-15-24(25)26)27(18-33)32(29(35)37-20-23-13-7-4-8-14-23)30-28(34)36-19-22-11-5-3-6-12-22/h3-18,21,27H,19-20H2,1-2H3,(H,30,34)/t21-,27-/m0/s1. The summed E-state index contributed by atoms with van der Waals surface area (Å²) in [6.07, 6.45) is 0.808. The Labute approximate surface area is 215 Å². The predicted molar refractivity (Wildman–Crippen MR) is 139 cm³/mol. The summed E-state index contributed by atoms with van der Waals surface area (Å²) >= 11 is 0. The van der Waals surface area contributed by atoms with Crippen molar-refractivity contribution in [3.63, 3.8) is 0 Å². The Kier molecular flexibility index (Phi) is 8.20. The third-order valence-corrected chi connectivity index (χ3v) is 6.19. The second kappa shape index (κ2) is 11.9. The number of benzene rings is 3. The number of nitrogens with one attached hydrogen (secondary N) is 1. The minimum absolute atomic E-state index is 0.00418. The number of aldehydes is 1. The van der Waals surface area contributed by atoms with Gasteiger partial charge in [0, 0.05) is 30.1 Å². The molecule has 1 aromatic heterocycles. The van der Waals surface area contributed by atoms with Crippen molar-refractivity contribution in [1.82, 2.24) is 15.0 Å². The van der Waals surface area contributed by atoms with E-state index in [2.05, 4.69) is 5.43 Å². The number of carbonyl (C=O) groups excluding carboxylic acids is 3. The molecule has 0 fully saturated rings. The van der Waals surface area contributed by atoms with Crippen molar-refractivity contribution >= 4 is 29.4 Å². The van der Waals surface area contributed by atoms with Crippen LogP contribution in [0.25, 0.3) is 10.9 Å². The molecular weight excluding hydrogens is 470 g/mol. The van der Waals surface area contributed by atoms with Crippen molar-refractivity contribution in [3.8, 4) is 0 Å². The van der Waals surface area contributed by atoms with Gasteiger partial charge in [0.15, 0.2) is 0 Å². The van der Waals surface area contributed by atoms with E-state index in [1.165, 1.54) is 0 Å². The largest absolute Gasteiger partial charge is 0.443 e. The first-order chi connectivity index (χ1) is 18.0. The van der Waals surface area contributed by atoms with Crippen LogP contribution in [0.5, 0.6) is 0 Å². The van der Waals surface area contributed by atoms with Gasteiger partial charge >= 0.3 is 12.2 Å². The lowest BCUT2D eigenvalue weighted by Crippen LogP contribution is -2.54. The first kappa shape index (κ1) is 25.5. The van der Waals surface area contributed by atoms with E-state index in [0.29, 0.717) is 6.29 Å². The molecule has 2 amide bonds. The van der Waals surface area contributed by atoms with Crippen molar-refractivity contribution in [2.75, 3.05) is 0 Å². The molecule has 0 saturated heterocycles. The number of para-hydroxylation sites is 1. The number of hydrogen-bond donors (Lipinski definition) is 1. The Morgan fingerprint density at radius 1 is 0.892 bits per heavy atom. The zero-order valence-corrected chi connectivity index (χ0v) is 20.7. The number of nitrogens with zero attached hydrogens (tertiary/aromatic N) is 2. The van der Waals surface area contributed by atoms with Gasteiger partial charge in [0.05, 0.1) is 0 Å². The van der Waals surface area contributed by atoms with E-state index in [-0.39, 0.29) is 13.2 Å². The highest BCUT2D eigenvalue weighted by atomic mass is 16.6. The average molecular weight is 500 g/mol. The van der Waals surface area contributed by atoms with Gasteiger partial charge in [-0.1, -0.05) is 85.8 Å². The SMILES string of the molecule is C[C@@H](c1cn(C)c2ccccc12)[C@H](C=O)N(NC(=O)OCc1ccccc1)C(=O)OCc1ccccc1. The van der Waals surface area contributed by atoms with E-state index in [1.54, 1.807) is 0 Å². The molecule has 0 aliphatic rings. The molecule has 0 aliphatic carbocycles. The van der Waals surface area contributed by atoms with Gasteiger partial charge in [-0.15, -0.1) is 0 Å². The molecule has 2 atom stereocenters. The highest BCUT2D eigenvalue weighted by Crippen LogP contribution is 2.30. The number of hydrogen-bond acceptors (Lipinski definition) is 5. The smallest absolute Gasteiger partial charge is 0.429 e. The molecule has 37 heavy (non-hydrogen) atoms. The molecule has 1 heterocycles. The molecule has 8 nitrogen and oxygen atoms in total. The van der Waals surface area contributed by atoms with Crippen LogP contribution in [-0.2, 0) is 34.5 Å². The van der Waals surface area contributed by atoms with Crippen molar-refractivity contribution in [2.45, 2.75) is 32.1 Å². The van der Waals surface area contributed by atoms with Crippen LogP contribution in [0.1, 0.15) is 29.5 Å². The Morgan fingerprint density at radius 3 is 2.08 bits per heavy atom. The molecule has 8 heteroatoms. The maximum absolute atomic E-state index is 13.2. The number of ether oxygens (including phenoxy) is 2. The quantitative estimate of drug-likeness (QED) is 0.261. The molecule has 1 N–H and O–H groups in total. The van der Waals surface area contributed by atoms with Crippen molar-refractivity contribution in [1.29, 1.82) is 0 Å². The lowest BCUT2D eigenvalue weighted by atomic mass is 9.93. The van der Waals surface area contributed by atoms with Crippen LogP contribution in [-0.4, -0.2) is 34.1 Å². The van der Waals surface area contributed by atoms with Crippen LogP contribution in [0.15, 0.2) is 91.1 Å². The third-order valence-electron chi connectivity index (χ3n) is 6.19. The summed E-state index contributed by atoms with van der Waals surface area (Å²) < 4.78 is 12.7. The number of amides is 2. The number of rotatable bonds is 8. The average Bonchev–Trinajstić information content (AvgIpc) is 3.28. The van der Waals surface area contributed by atoms with E-state index in [0.717, 1.165) is 32.6 Å². The molecule has 4 rings (SSSR count). The third kappa shape index (κ3) is 6.16. The Bertz CT molecular complexity index is 1350. The monoisotopic (exact) mass is 499 g/mol. The van der Waals surface area contributed by atoms with E-state index in [9.17, 15) is 14.4 Å². The highest BCUT2D eigenvalue weighted by Gasteiger charge is 2.34. The van der Waals surface area contributed by atoms with Crippen LogP contribution < -0.4 is 5.43 Å². The van der Waals surface area contributed by atoms with Crippen LogP contribution in [0.3, 0.4) is 0 Å². The molecule has 0 spiro atoms. The summed E-state index contributed by atoms with van der Waals surface area (Å²) in [7, 11) is 1.92. The van der Waals surface area contributed by atoms with Crippen molar-refractivity contribution in [2.24, 2.45) is 7.05 Å². The van der Waals surface area contributed by atoms with Gasteiger partial charge in [-0.3, -0.25) is 0 Å². The lowest BCUT2D eigenvalue weighted by molar-refractivity contribution is -0.113. The molecular formula is C29H29N3O5. The summed E-state index contributed by atoms with van der Waals surface area (Å²) in [5.74, 6) is -0.470. The second-order valence-corrected chi connectivity index (χ2v) is 8.71. The Balaban J connectivity index is 1.56. The normalized spacial score (nSPS) is 12.4. The fourth-order valence-corrected chi connectivity index (χ4v) is 4.21. The fourth-order valence-electron chi connectivity index (χ4n) is 4.21. The van der Waals surface area contributed by atoms with E-state index in [1.807, 2.05) is 110 Å². The summed E-state index contributed by atoms with van der Waals surface area (Å²) in [5.41, 5.74) is 5.84. The minimum atomic E-state index is -1.06. The van der Waals surface area contributed by atoms with E-state index in [4.69, 9.17) is 9.47 Å². The van der Waals surface area contributed by atoms with Crippen LogP contribution >= 0.6 is 0 Å². The van der Waals surface area contributed by atoms with E-state index < -0.39 is 24.1 Å². The highest BCUT2D eigenvalue weighted by molar-refractivity contribution is 5.86. The lowest BCUT2D eigenvalue weighted by Gasteiger charge is -2.31. The zero-order chi connectivity index (χ0) is 26.2. The summed E-state index contributed by atoms with van der Waals surface area (Å²) in [5, 5.41) is 1.86. The van der Waals surface area contributed by atoms with Gasteiger partial charge in [0.25, 0.3) is 0 Å². The molecule has 0 bridgehead atoms. The molecule has 0 unspecified atom stereocenters. The maximum atomic E-state index is 13.2. The number of aromatic nitrogens is 1. The first-order valence-electron chi connectivity index (χ1n) is 11.9. The number of carbonyl (C=O) groups is 3. The van der Waals surface area contributed by atoms with Gasteiger partial charge in [0.1, 0.15) is 25.5 Å². The van der Waals surface area contributed by atoms with Crippen LogP contribution in [0.4, 0.5) is 9.59 Å². The summed E-state index contributed by atoms with van der Waals surface area (Å²) in [4.78, 5) is 38.3. The van der Waals surface area contributed by atoms with E-state index >= 15 is 0 Å². The van der Waals surface area contributed by atoms with Crippen LogP contribution in [0.2, 0.25) is 0 Å². The Morgan fingerprint density at radius 2 is 1.46 bits per heavy atom. The summed E-state index contributed by atoms with van der Waals surface area (Å²) in [6.45, 7) is 1.81. The van der Waals surface area contributed by atoms with Gasteiger partial charge in [-0.05, 0) is 22.8 Å². The number of fused-ring (bicyclic) bond motifs is 1. The number of hydrazine groups is 1. The van der Waals surface area contributed by atoms with Crippen molar-refractivity contribution < 1.29 is 23.9 Å². The van der Waals surface area contributed by atoms with Crippen molar-refractivity contribution in [3.05, 3.63) is 108 Å². The fraction of sp³-hybridized carbons (Fsp3) is 0.207.